The number of hydrogen-bond donors (Lipinski definition) is 2. The van der Waals surface area contributed by atoms with Crippen LogP contribution in [0, 0.1) is 11.8 Å². The molecule has 0 aliphatic rings. The highest BCUT2D eigenvalue weighted by atomic mass is 32.1. The molecule has 4 nitrogen and oxygen atoms in total. The van der Waals surface area contributed by atoms with E-state index < -0.39 is 0 Å². The van der Waals surface area contributed by atoms with Crippen LogP contribution < -0.4 is 15.8 Å². The van der Waals surface area contributed by atoms with Gasteiger partial charge in [0.05, 0.1) is 13.7 Å². The number of rotatable bonds is 3. The molecule has 102 valence electrons. The Morgan fingerprint density at radius 2 is 2.30 bits per heavy atom. The minimum atomic E-state index is -0.186. The highest BCUT2D eigenvalue weighted by Gasteiger charge is 2.12. The van der Waals surface area contributed by atoms with Crippen LogP contribution in [0.25, 0.3) is 0 Å². The van der Waals surface area contributed by atoms with Gasteiger partial charge in [-0.1, -0.05) is 17.9 Å². The minimum absolute atomic E-state index is 0.186. The molecule has 0 spiro atoms. The molecular weight excluding hydrogens is 272 g/mol. The Morgan fingerprint density at radius 3 is 3.05 bits per heavy atom. The zero-order valence-corrected chi connectivity index (χ0v) is 11.8. The molecule has 5 heteroatoms. The van der Waals surface area contributed by atoms with Crippen LogP contribution in [0.15, 0.2) is 35.7 Å². The summed E-state index contributed by atoms with van der Waals surface area (Å²) in [6.07, 6.45) is 0. The Labute approximate surface area is 121 Å². The first-order valence-electron chi connectivity index (χ1n) is 5.96. The zero-order valence-electron chi connectivity index (χ0n) is 11.0. The van der Waals surface area contributed by atoms with Gasteiger partial charge in [0.1, 0.15) is 10.6 Å². The number of benzene rings is 1. The monoisotopic (exact) mass is 286 g/mol. The average molecular weight is 286 g/mol. The summed E-state index contributed by atoms with van der Waals surface area (Å²) in [4.78, 5) is 12.8. The predicted molar refractivity (Wildman–Crippen MR) is 81.2 cm³/mol. The van der Waals surface area contributed by atoms with Crippen LogP contribution in [0.2, 0.25) is 0 Å². The molecule has 0 radical (unpaired) electrons. The van der Waals surface area contributed by atoms with Crippen molar-refractivity contribution in [1.82, 2.24) is 0 Å². The Morgan fingerprint density at radius 1 is 1.45 bits per heavy atom. The summed E-state index contributed by atoms with van der Waals surface area (Å²) >= 11 is 1.35. The molecule has 0 aliphatic heterocycles. The second-order valence-electron chi connectivity index (χ2n) is 3.86. The molecule has 1 aromatic carbocycles. The van der Waals surface area contributed by atoms with Crippen molar-refractivity contribution < 1.29 is 9.53 Å². The molecule has 2 rings (SSSR count). The van der Waals surface area contributed by atoms with E-state index in [2.05, 4.69) is 17.2 Å². The van der Waals surface area contributed by atoms with E-state index in [9.17, 15) is 4.79 Å². The number of carbonyl (C=O) groups is 1. The number of nitrogens with one attached hydrogen (secondary N) is 1. The van der Waals surface area contributed by atoms with Gasteiger partial charge in [0.2, 0.25) is 0 Å². The SMILES string of the molecule is COc1cccc(NC(=O)c2sccc2C#CCN)c1. The fourth-order valence-electron chi connectivity index (χ4n) is 1.62. The summed E-state index contributed by atoms with van der Waals surface area (Å²) in [6, 6.07) is 9.01. The third kappa shape index (κ3) is 3.38. The Bertz CT molecular complexity index is 668. The zero-order chi connectivity index (χ0) is 14.4. The van der Waals surface area contributed by atoms with Gasteiger partial charge in [0, 0.05) is 17.3 Å². The maximum Gasteiger partial charge on any atom is 0.267 e. The normalized spacial score (nSPS) is 9.50. The maximum absolute atomic E-state index is 12.2. The van der Waals surface area contributed by atoms with Gasteiger partial charge in [-0.3, -0.25) is 4.79 Å². The number of hydrogen-bond acceptors (Lipinski definition) is 4. The number of anilines is 1. The molecule has 0 atom stereocenters. The van der Waals surface area contributed by atoms with Crippen molar-refractivity contribution in [2.75, 3.05) is 19.0 Å². The van der Waals surface area contributed by atoms with E-state index in [1.165, 1.54) is 11.3 Å². The Hall–Kier alpha value is -2.29. The summed E-state index contributed by atoms with van der Waals surface area (Å²) in [5.74, 6) is 6.15. The molecule has 0 aliphatic carbocycles. The van der Waals surface area contributed by atoms with Gasteiger partial charge < -0.3 is 15.8 Å². The maximum atomic E-state index is 12.2. The van der Waals surface area contributed by atoms with E-state index in [4.69, 9.17) is 10.5 Å². The molecular formula is C15H14N2O2S. The average Bonchev–Trinajstić information content (AvgIpc) is 2.93. The molecule has 0 saturated carbocycles. The van der Waals surface area contributed by atoms with E-state index in [0.29, 0.717) is 21.9 Å². The summed E-state index contributed by atoms with van der Waals surface area (Å²) in [7, 11) is 1.58. The lowest BCUT2D eigenvalue weighted by molar-refractivity contribution is 0.103. The van der Waals surface area contributed by atoms with E-state index in [1.807, 2.05) is 23.6 Å². The lowest BCUT2D eigenvalue weighted by Gasteiger charge is -2.06. The van der Waals surface area contributed by atoms with Crippen LogP contribution >= 0.6 is 11.3 Å². The highest BCUT2D eigenvalue weighted by molar-refractivity contribution is 7.12. The van der Waals surface area contributed by atoms with Crippen molar-refractivity contribution in [2.45, 2.75) is 0 Å². The second-order valence-corrected chi connectivity index (χ2v) is 4.77. The van der Waals surface area contributed by atoms with E-state index in [0.717, 1.165) is 0 Å². The third-order valence-corrected chi connectivity index (χ3v) is 3.44. The summed E-state index contributed by atoms with van der Waals surface area (Å²) in [6.45, 7) is 0.271. The van der Waals surface area contributed by atoms with Crippen LogP contribution in [0.5, 0.6) is 5.75 Å². The molecule has 2 aromatic rings. The second kappa shape index (κ2) is 6.75. The van der Waals surface area contributed by atoms with Crippen molar-refractivity contribution in [1.29, 1.82) is 0 Å². The summed E-state index contributed by atoms with van der Waals surface area (Å²) in [5.41, 5.74) is 6.72. The van der Waals surface area contributed by atoms with E-state index in [-0.39, 0.29) is 12.5 Å². The predicted octanol–water partition coefficient (Wildman–Crippen LogP) is 2.32. The topological polar surface area (TPSA) is 64.3 Å². The number of nitrogens with two attached hydrogens (primary N) is 1. The number of thiophene rings is 1. The third-order valence-electron chi connectivity index (χ3n) is 2.52. The van der Waals surface area contributed by atoms with Crippen molar-refractivity contribution in [2.24, 2.45) is 5.73 Å². The summed E-state index contributed by atoms with van der Waals surface area (Å²) < 4.78 is 5.12. The number of methoxy groups -OCH3 is 1. The van der Waals surface area contributed by atoms with Crippen LogP contribution in [-0.4, -0.2) is 19.6 Å². The van der Waals surface area contributed by atoms with Gasteiger partial charge in [0.15, 0.2) is 0 Å². The molecule has 0 unspecified atom stereocenters. The standard InChI is InChI=1S/C15H14N2O2S/c1-19-13-6-2-5-12(10-13)17-15(18)14-11(4-3-8-16)7-9-20-14/h2,5-7,9-10H,8,16H2,1H3,(H,17,18). The molecule has 3 N–H and O–H groups in total. The lowest BCUT2D eigenvalue weighted by Crippen LogP contribution is -2.11. The van der Waals surface area contributed by atoms with Gasteiger partial charge in [-0.15, -0.1) is 11.3 Å². The first-order chi connectivity index (χ1) is 9.74. The van der Waals surface area contributed by atoms with Crippen molar-refractivity contribution in [3.63, 3.8) is 0 Å². The van der Waals surface area contributed by atoms with Crippen LogP contribution in [-0.2, 0) is 0 Å². The quantitative estimate of drug-likeness (QED) is 0.851. The molecule has 0 fully saturated rings. The smallest absolute Gasteiger partial charge is 0.267 e. The van der Waals surface area contributed by atoms with Gasteiger partial charge >= 0.3 is 0 Å². The first-order valence-corrected chi connectivity index (χ1v) is 6.84. The van der Waals surface area contributed by atoms with E-state index in [1.54, 1.807) is 19.2 Å². The van der Waals surface area contributed by atoms with Gasteiger partial charge in [-0.05, 0) is 23.6 Å². The molecule has 0 bridgehead atoms. The van der Waals surface area contributed by atoms with Crippen molar-refractivity contribution in [3.05, 3.63) is 46.2 Å². The molecule has 0 saturated heterocycles. The Kier molecular flexibility index (Phi) is 4.77. The molecule has 1 amide bonds. The summed E-state index contributed by atoms with van der Waals surface area (Å²) in [5, 5.41) is 4.66. The highest BCUT2D eigenvalue weighted by Crippen LogP contribution is 2.20. The van der Waals surface area contributed by atoms with E-state index >= 15 is 0 Å². The van der Waals surface area contributed by atoms with Crippen molar-refractivity contribution >= 4 is 22.9 Å². The van der Waals surface area contributed by atoms with Gasteiger partial charge in [0.25, 0.3) is 5.91 Å². The Balaban J connectivity index is 2.18. The van der Waals surface area contributed by atoms with Crippen LogP contribution in [0.4, 0.5) is 5.69 Å². The molecule has 20 heavy (non-hydrogen) atoms. The fourth-order valence-corrected chi connectivity index (χ4v) is 2.36. The number of amides is 1. The van der Waals surface area contributed by atoms with Crippen LogP contribution in [0.1, 0.15) is 15.2 Å². The lowest BCUT2D eigenvalue weighted by atomic mass is 10.2. The fraction of sp³-hybridized carbons (Fsp3) is 0.133. The first kappa shape index (κ1) is 14.1. The number of carbonyl (C=O) groups excluding carboxylic acids is 1. The largest absolute Gasteiger partial charge is 0.497 e. The molecule has 1 heterocycles. The van der Waals surface area contributed by atoms with Gasteiger partial charge in [-0.2, -0.15) is 0 Å². The minimum Gasteiger partial charge on any atom is -0.497 e. The molecule has 1 aromatic heterocycles. The van der Waals surface area contributed by atoms with Crippen molar-refractivity contribution in [3.8, 4) is 17.6 Å². The van der Waals surface area contributed by atoms with Crippen LogP contribution in [0.3, 0.4) is 0 Å². The number of ether oxygens (including phenoxy) is 1. The van der Waals surface area contributed by atoms with Gasteiger partial charge in [-0.25, -0.2) is 0 Å².